The number of nitrogens with zero attached hydrogens (tertiary/aromatic N) is 1. The Morgan fingerprint density at radius 3 is 2.87 bits per heavy atom. The number of ether oxygens (including phenoxy) is 1. The largest absolute Gasteiger partial charge is 0.475 e. The minimum absolute atomic E-state index is 0.177. The van der Waals surface area contributed by atoms with Crippen LogP contribution < -0.4 is 10.1 Å². The van der Waals surface area contributed by atoms with E-state index in [1.807, 2.05) is 32.0 Å². The van der Waals surface area contributed by atoms with E-state index in [4.69, 9.17) is 4.74 Å². The predicted molar refractivity (Wildman–Crippen MR) is 62.0 cm³/mol. The summed E-state index contributed by atoms with van der Waals surface area (Å²) in [5.74, 6) is 0.709. The van der Waals surface area contributed by atoms with Crippen molar-refractivity contribution in [2.75, 3.05) is 6.54 Å². The van der Waals surface area contributed by atoms with Gasteiger partial charge >= 0.3 is 0 Å². The molecule has 1 N–H and O–H groups in total. The molecule has 0 amide bonds. The van der Waals surface area contributed by atoms with Gasteiger partial charge < -0.3 is 10.1 Å². The zero-order chi connectivity index (χ0) is 11.1. The highest BCUT2D eigenvalue weighted by atomic mass is 16.5. The van der Waals surface area contributed by atoms with E-state index in [2.05, 4.69) is 17.2 Å². The lowest BCUT2D eigenvalue weighted by molar-refractivity contribution is 0.232. The molecule has 0 fully saturated rings. The molecule has 0 saturated heterocycles. The van der Waals surface area contributed by atoms with E-state index >= 15 is 0 Å². The monoisotopic (exact) mass is 208 g/mol. The number of hydrogen-bond acceptors (Lipinski definition) is 3. The molecule has 0 saturated carbocycles. The van der Waals surface area contributed by atoms with Crippen LogP contribution in [0.25, 0.3) is 0 Å². The van der Waals surface area contributed by atoms with Gasteiger partial charge in [-0.3, -0.25) is 0 Å². The van der Waals surface area contributed by atoms with Gasteiger partial charge in [0, 0.05) is 12.6 Å². The van der Waals surface area contributed by atoms with Crippen molar-refractivity contribution < 1.29 is 4.74 Å². The first-order valence-electron chi connectivity index (χ1n) is 5.55. The zero-order valence-electron chi connectivity index (χ0n) is 9.79. The van der Waals surface area contributed by atoms with Gasteiger partial charge in [0.25, 0.3) is 0 Å². The summed E-state index contributed by atoms with van der Waals surface area (Å²) >= 11 is 0. The molecular weight excluding hydrogens is 188 g/mol. The molecule has 1 aromatic heterocycles. The Hall–Kier alpha value is -1.09. The van der Waals surface area contributed by atoms with Gasteiger partial charge in [-0.15, -0.1) is 0 Å². The van der Waals surface area contributed by atoms with Crippen LogP contribution in [0.1, 0.15) is 32.9 Å². The van der Waals surface area contributed by atoms with E-state index in [0.29, 0.717) is 5.88 Å². The van der Waals surface area contributed by atoms with Crippen LogP contribution in [0.3, 0.4) is 0 Å². The van der Waals surface area contributed by atoms with Crippen LogP contribution in [-0.4, -0.2) is 17.6 Å². The fourth-order valence-corrected chi connectivity index (χ4v) is 1.26. The highest BCUT2D eigenvalue weighted by molar-refractivity contribution is 5.15. The number of pyridine rings is 1. The number of rotatable bonds is 6. The van der Waals surface area contributed by atoms with Crippen molar-refractivity contribution in [1.82, 2.24) is 10.3 Å². The van der Waals surface area contributed by atoms with Crippen LogP contribution in [0.4, 0.5) is 0 Å². The Kier molecular flexibility index (Phi) is 5.12. The van der Waals surface area contributed by atoms with Crippen LogP contribution >= 0.6 is 0 Å². The van der Waals surface area contributed by atoms with Crippen molar-refractivity contribution in [3.8, 4) is 5.88 Å². The maximum atomic E-state index is 5.52. The standard InChI is InChI=1S/C12H20N2O/c1-4-8-13-9-11-6-5-7-12(14-11)15-10(2)3/h5-7,10,13H,4,8-9H2,1-3H3. The second-order valence-corrected chi connectivity index (χ2v) is 3.81. The fraction of sp³-hybridized carbons (Fsp3) is 0.583. The van der Waals surface area contributed by atoms with Crippen LogP contribution in [-0.2, 0) is 6.54 Å². The van der Waals surface area contributed by atoms with Gasteiger partial charge in [-0.2, -0.15) is 0 Å². The summed E-state index contributed by atoms with van der Waals surface area (Å²) in [7, 11) is 0. The molecule has 0 bridgehead atoms. The first kappa shape index (κ1) is 12.0. The maximum Gasteiger partial charge on any atom is 0.213 e. The van der Waals surface area contributed by atoms with Gasteiger partial charge in [0.1, 0.15) is 0 Å². The normalized spacial score (nSPS) is 10.7. The molecular formula is C12H20N2O. The number of nitrogens with one attached hydrogen (secondary N) is 1. The van der Waals surface area contributed by atoms with Crippen molar-refractivity contribution in [3.05, 3.63) is 23.9 Å². The second kappa shape index (κ2) is 6.40. The molecule has 15 heavy (non-hydrogen) atoms. The van der Waals surface area contributed by atoms with E-state index in [9.17, 15) is 0 Å². The third kappa shape index (κ3) is 4.79. The number of hydrogen-bond donors (Lipinski definition) is 1. The van der Waals surface area contributed by atoms with Gasteiger partial charge in [0.15, 0.2) is 0 Å². The van der Waals surface area contributed by atoms with Crippen LogP contribution in [0.5, 0.6) is 5.88 Å². The summed E-state index contributed by atoms with van der Waals surface area (Å²) in [6.45, 7) is 7.99. The van der Waals surface area contributed by atoms with Crippen molar-refractivity contribution in [3.63, 3.8) is 0 Å². The van der Waals surface area contributed by atoms with Gasteiger partial charge in [-0.25, -0.2) is 4.98 Å². The van der Waals surface area contributed by atoms with Crippen molar-refractivity contribution >= 4 is 0 Å². The molecule has 1 rings (SSSR count). The summed E-state index contributed by atoms with van der Waals surface area (Å²) in [4.78, 5) is 4.40. The van der Waals surface area contributed by atoms with Gasteiger partial charge in [0.05, 0.1) is 11.8 Å². The summed E-state index contributed by atoms with van der Waals surface area (Å²) in [5, 5.41) is 3.31. The molecule has 3 heteroatoms. The summed E-state index contributed by atoms with van der Waals surface area (Å²) in [6, 6.07) is 5.88. The molecule has 3 nitrogen and oxygen atoms in total. The molecule has 0 aliphatic carbocycles. The average Bonchev–Trinajstić information content (AvgIpc) is 2.18. The lowest BCUT2D eigenvalue weighted by atomic mass is 10.3. The summed E-state index contributed by atoms with van der Waals surface area (Å²) in [5.41, 5.74) is 1.03. The Morgan fingerprint density at radius 2 is 2.20 bits per heavy atom. The van der Waals surface area contributed by atoms with Crippen LogP contribution in [0.2, 0.25) is 0 Å². The number of aromatic nitrogens is 1. The minimum atomic E-state index is 0.177. The van der Waals surface area contributed by atoms with E-state index in [1.54, 1.807) is 0 Å². The Labute approximate surface area is 91.9 Å². The molecule has 0 atom stereocenters. The molecule has 84 valence electrons. The van der Waals surface area contributed by atoms with Crippen molar-refractivity contribution in [1.29, 1.82) is 0 Å². The molecule has 0 radical (unpaired) electrons. The predicted octanol–water partition coefficient (Wildman–Crippen LogP) is 2.37. The van der Waals surface area contributed by atoms with Gasteiger partial charge in [-0.1, -0.05) is 13.0 Å². The van der Waals surface area contributed by atoms with Crippen molar-refractivity contribution in [2.24, 2.45) is 0 Å². The molecule has 0 spiro atoms. The summed E-state index contributed by atoms with van der Waals surface area (Å²) < 4.78 is 5.52. The second-order valence-electron chi connectivity index (χ2n) is 3.81. The molecule has 0 unspecified atom stereocenters. The van der Waals surface area contributed by atoms with Gasteiger partial charge in [-0.05, 0) is 32.9 Å². The average molecular weight is 208 g/mol. The lowest BCUT2D eigenvalue weighted by Gasteiger charge is -2.09. The quantitative estimate of drug-likeness (QED) is 0.729. The first-order chi connectivity index (χ1) is 7.22. The molecule has 0 aliphatic rings. The third-order valence-corrected chi connectivity index (χ3v) is 1.87. The van der Waals surface area contributed by atoms with Crippen LogP contribution in [0.15, 0.2) is 18.2 Å². The molecule has 0 aromatic carbocycles. The van der Waals surface area contributed by atoms with Crippen molar-refractivity contribution in [2.45, 2.75) is 39.8 Å². The smallest absolute Gasteiger partial charge is 0.213 e. The van der Waals surface area contributed by atoms with E-state index < -0.39 is 0 Å². The molecule has 1 aromatic rings. The fourth-order valence-electron chi connectivity index (χ4n) is 1.26. The highest BCUT2D eigenvalue weighted by Gasteiger charge is 2.00. The molecule has 1 heterocycles. The maximum absolute atomic E-state index is 5.52. The van der Waals surface area contributed by atoms with Crippen LogP contribution in [0, 0.1) is 0 Å². The minimum Gasteiger partial charge on any atom is -0.475 e. The lowest BCUT2D eigenvalue weighted by Crippen LogP contribution is -2.15. The third-order valence-electron chi connectivity index (χ3n) is 1.87. The zero-order valence-corrected chi connectivity index (χ0v) is 9.79. The Morgan fingerprint density at radius 1 is 1.40 bits per heavy atom. The Bertz CT molecular complexity index is 287. The van der Waals surface area contributed by atoms with E-state index in [-0.39, 0.29) is 6.10 Å². The van der Waals surface area contributed by atoms with Gasteiger partial charge in [0.2, 0.25) is 5.88 Å². The van der Waals surface area contributed by atoms with E-state index in [0.717, 1.165) is 25.2 Å². The van der Waals surface area contributed by atoms with E-state index in [1.165, 1.54) is 0 Å². The molecule has 0 aliphatic heterocycles. The Balaban J connectivity index is 2.50. The highest BCUT2D eigenvalue weighted by Crippen LogP contribution is 2.09. The topological polar surface area (TPSA) is 34.1 Å². The SMILES string of the molecule is CCCNCc1cccc(OC(C)C)n1. The summed E-state index contributed by atoms with van der Waals surface area (Å²) in [6.07, 6.45) is 1.32. The first-order valence-corrected chi connectivity index (χ1v) is 5.55.